The molecule has 1 N–H and O–H groups in total. The molecule has 3 heterocycles. The fourth-order valence-corrected chi connectivity index (χ4v) is 6.23. The van der Waals surface area contributed by atoms with Crippen molar-refractivity contribution in [3.05, 3.63) is 76.3 Å². The summed E-state index contributed by atoms with van der Waals surface area (Å²) < 4.78 is 43.6. The zero-order valence-corrected chi connectivity index (χ0v) is 18.1. The summed E-state index contributed by atoms with van der Waals surface area (Å²) in [5.41, 5.74) is 2.18. The van der Waals surface area contributed by atoms with Crippen LogP contribution in [-0.4, -0.2) is 30.4 Å². The first-order chi connectivity index (χ1) is 14.3. The van der Waals surface area contributed by atoms with Crippen LogP contribution in [0, 0.1) is 5.82 Å². The van der Waals surface area contributed by atoms with Gasteiger partial charge in [0.25, 0.3) is 0 Å². The molecule has 2 aliphatic heterocycles. The SMILES string of the molecule is O=S(=O)(c1ccc(Cl)c(Cl)c1)N1CCC2(CC1)Nc1cc(F)ccc1-n1cccc12. The number of hydrogen-bond acceptors (Lipinski definition) is 3. The van der Waals surface area contributed by atoms with Crippen molar-refractivity contribution in [2.75, 3.05) is 18.4 Å². The Hall–Kier alpha value is -2.06. The number of fused-ring (bicyclic) bond motifs is 4. The average Bonchev–Trinajstić information content (AvgIpc) is 3.21. The summed E-state index contributed by atoms with van der Waals surface area (Å²) in [7, 11) is -3.69. The van der Waals surface area contributed by atoms with Crippen LogP contribution >= 0.6 is 23.2 Å². The molecule has 156 valence electrons. The highest BCUT2D eigenvalue weighted by Crippen LogP contribution is 2.44. The van der Waals surface area contributed by atoms with Gasteiger partial charge in [-0.3, -0.25) is 0 Å². The Morgan fingerprint density at radius 3 is 2.50 bits per heavy atom. The average molecular weight is 466 g/mol. The molecule has 1 aromatic heterocycles. The predicted molar refractivity (Wildman–Crippen MR) is 115 cm³/mol. The third-order valence-corrected chi connectivity index (χ3v) is 8.57. The Kier molecular flexibility index (Phi) is 4.63. The number of piperidine rings is 1. The van der Waals surface area contributed by atoms with Crippen molar-refractivity contribution < 1.29 is 12.8 Å². The molecular weight excluding hydrogens is 448 g/mol. The number of rotatable bonds is 2. The number of benzene rings is 2. The molecule has 2 aliphatic rings. The first-order valence-corrected chi connectivity index (χ1v) is 11.7. The van der Waals surface area contributed by atoms with E-state index in [1.54, 1.807) is 6.07 Å². The molecule has 5 nitrogen and oxygen atoms in total. The molecule has 0 bridgehead atoms. The Morgan fingerprint density at radius 1 is 1.00 bits per heavy atom. The van der Waals surface area contributed by atoms with Gasteiger partial charge >= 0.3 is 0 Å². The van der Waals surface area contributed by atoms with Gasteiger partial charge in [0.15, 0.2) is 0 Å². The van der Waals surface area contributed by atoms with Gasteiger partial charge in [-0.25, -0.2) is 12.8 Å². The number of nitrogens with one attached hydrogen (secondary N) is 1. The van der Waals surface area contributed by atoms with Crippen LogP contribution in [0.1, 0.15) is 18.5 Å². The summed E-state index contributed by atoms with van der Waals surface area (Å²) in [5.74, 6) is -0.313. The molecule has 0 amide bonds. The normalized spacial score (nSPS) is 18.0. The van der Waals surface area contributed by atoms with Crippen molar-refractivity contribution in [1.29, 1.82) is 0 Å². The maximum Gasteiger partial charge on any atom is 0.243 e. The zero-order chi connectivity index (χ0) is 21.1. The predicted octanol–water partition coefficient (Wildman–Crippen LogP) is 5.03. The summed E-state index contributed by atoms with van der Waals surface area (Å²) in [6.45, 7) is 0.650. The van der Waals surface area contributed by atoms with Gasteiger partial charge in [-0.05, 0) is 61.4 Å². The lowest BCUT2D eigenvalue weighted by atomic mass is 9.83. The number of halogens is 3. The van der Waals surface area contributed by atoms with Crippen molar-refractivity contribution in [2.24, 2.45) is 0 Å². The molecule has 0 atom stereocenters. The second-order valence-corrected chi connectivity index (χ2v) is 10.4. The topological polar surface area (TPSA) is 54.3 Å². The summed E-state index contributed by atoms with van der Waals surface area (Å²) in [4.78, 5) is 0.125. The summed E-state index contributed by atoms with van der Waals surface area (Å²) >= 11 is 11.9. The molecule has 0 saturated carbocycles. The molecule has 1 saturated heterocycles. The van der Waals surface area contributed by atoms with Crippen LogP contribution in [0.15, 0.2) is 59.6 Å². The van der Waals surface area contributed by atoms with E-state index in [9.17, 15) is 12.8 Å². The number of anilines is 1. The quantitative estimate of drug-likeness (QED) is 0.577. The van der Waals surface area contributed by atoms with Crippen molar-refractivity contribution in [1.82, 2.24) is 8.87 Å². The molecule has 2 aromatic carbocycles. The highest BCUT2D eigenvalue weighted by molar-refractivity contribution is 7.89. The van der Waals surface area contributed by atoms with Crippen molar-refractivity contribution in [2.45, 2.75) is 23.3 Å². The Labute approximate surface area is 184 Å². The van der Waals surface area contributed by atoms with E-state index in [-0.39, 0.29) is 15.7 Å². The molecule has 5 rings (SSSR count). The Balaban J connectivity index is 1.45. The van der Waals surface area contributed by atoms with E-state index in [2.05, 4.69) is 9.88 Å². The minimum absolute atomic E-state index is 0.125. The van der Waals surface area contributed by atoms with E-state index >= 15 is 0 Å². The first-order valence-electron chi connectivity index (χ1n) is 9.51. The van der Waals surface area contributed by atoms with Crippen LogP contribution in [0.25, 0.3) is 5.69 Å². The maximum absolute atomic E-state index is 13.9. The van der Waals surface area contributed by atoms with Gasteiger partial charge in [-0.2, -0.15) is 4.31 Å². The van der Waals surface area contributed by atoms with Crippen molar-refractivity contribution in [3.63, 3.8) is 0 Å². The minimum atomic E-state index is -3.69. The van der Waals surface area contributed by atoms with Gasteiger partial charge in [-0.1, -0.05) is 23.2 Å². The van der Waals surface area contributed by atoms with Gasteiger partial charge in [0, 0.05) is 25.0 Å². The lowest BCUT2D eigenvalue weighted by molar-refractivity contribution is 0.247. The van der Waals surface area contributed by atoms with Crippen molar-refractivity contribution in [3.8, 4) is 5.69 Å². The van der Waals surface area contributed by atoms with Crippen LogP contribution in [0.4, 0.5) is 10.1 Å². The monoisotopic (exact) mass is 465 g/mol. The number of hydrogen-bond donors (Lipinski definition) is 1. The van der Waals surface area contributed by atoms with Crippen molar-refractivity contribution >= 4 is 38.9 Å². The standard InChI is InChI=1S/C21H18Cl2FN3O2S/c22-16-5-4-15(13-17(16)23)30(28,29)26-10-7-21(8-11-26)20-2-1-9-27(20)19-6-3-14(24)12-18(19)25-21/h1-6,9,12-13,25H,7-8,10-11H2. The second kappa shape index (κ2) is 6.99. The number of aromatic nitrogens is 1. The number of nitrogens with zero attached hydrogens (tertiary/aromatic N) is 2. The van der Waals surface area contributed by atoms with E-state index in [1.807, 2.05) is 18.3 Å². The lowest BCUT2D eigenvalue weighted by Gasteiger charge is -2.45. The van der Waals surface area contributed by atoms with Gasteiger partial charge in [0.05, 0.1) is 31.9 Å². The molecular formula is C21H18Cl2FN3O2S. The lowest BCUT2D eigenvalue weighted by Crippen LogP contribution is -2.51. The van der Waals surface area contributed by atoms with Gasteiger partial charge in [-0.15, -0.1) is 0 Å². The highest BCUT2D eigenvalue weighted by Gasteiger charge is 2.44. The molecule has 0 radical (unpaired) electrons. The Morgan fingerprint density at radius 2 is 1.77 bits per heavy atom. The molecule has 0 aliphatic carbocycles. The number of sulfonamides is 1. The van der Waals surface area contributed by atoms with E-state index in [1.165, 1.54) is 34.6 Å². The third-order valence-electron chi connectivity index (χ3n) is 5.94. The van der Waals surface area contributed by atoms with Crippen LogP contribution in [0.5, 0.6) is 0 Å². The maximum atomic E-state index is 13.9. The highest BCUT2D eigenvalue weighted by atomic mass is 35.5. The first kappa shape index (κ1) is 19.9. The fourth-order valence-electron chi connectivity index (χ4n) is 4.40. The summed E-state index contributed by atoms with van der Waals surface area (Å²) in [5, 5.41) is 4.02. The van der Waals surface area contributed by atoms with E-state index < -0.39 is 15.6 Å². The van der Waals surface area contributed by atoms with Crippen LogP contribution in [0.2, 0.25) is 10.0 Å². The zero-order valence-electron chi connectivity index (χ0n) is 15.8. The van der Waals surface area contributed by atoms with E-state index in [0.29, 0.717) is 36.6 Å². The second-order valence-electron chi connectivity index (χ2n) is 7.61. The molecule has 1 fully saturated rings. The van der Waals surface area contributed by atoms with Gasteiger partial charge < -0.3 is 9.88 Å². The Bertz CT molecular complexity index is 1250. The van der Waals surface area contributed by atoms with E-state index in [0.717, 1.165) is 11.4 Å². The van der Waals surface area contributed by atoms with Gasteiger partial charge in [0.2, 0.25) is 10.0 Å². The summed E-state index contributed by atoms with van der Waals surface area (Å²) in [6.07, 6.45) is 3.05. The van der Waals surface area contributed by atoms with Crippen LogP contribution < -0.4 is 5.32 Å². The third kappa shape index (κ3) is 3.03. The summed E-state index contributed by atoms with van der Waals surface area (Å²) in [6, 6.07) is 13.0. The largest absolute Gasteiger partial charge is 0.372 e. The van der Waals surface area contributed by atoms with Crippen LogP contribution in [-0.2, 0) is 15.6 Å². The smallest absolute Gasteiger partial charge is 0.243 e. The molecule has 1 spiro atoms. The van der Waals surface area contributed by atoms with Gasteiger partial charge in [0.1, 0.15) is 5.82 Å². The van der Waals surface area contributed by atoms with Crippen LogP contribution in [0.3, 0.4) is 0 Å². The minimum Gasteiger partial charge on any atom is -0.372 e. The molecule has 30 heavy (non-hydrogen) atoms. The molecule has 0 unspecified atom stereocenters. The fraction of sp³-hybridized carbons (Fsp3) is 0.238. The molecule has 3 aromatic rings. The molecule has 9 heteroatoms. The van der Waals surface area contributed by atoms with E-state index in [4.69, 9.17) is 23.2 Å².